The summed E-state index contributed by atoms with van der Waals surface area (Å²) in [5.74, 6) is -0.0996. The normalized spacial score (nSPS) is 11.2. The number of nitrogens with one attached hydrogen (secondary N) is 1. The molecular weight excluding hydrogens is 378 g/mol. The van der Waals surface area contributed by atoms with E-state index in [4.69, 9.17) is 0 Å². The third-order valence-corrected chi connectivity index (χ3v) is 6.19. The molecule has 5 rings (SSSR count). The Bertz CT molecular complexity index is 1360. The van der Waals surface area contributed by atoms with E-state index in [9.17, 15) is 4.79 Å². The number of aryl methyl sites for hydroxylation is 2. The Morgan fingerprint density at radius 3 is 2.52 bits per heavy atom. The summed E-state index contributed by atoms with van der Waals surface area (Å²) < 4.78 is 1.92. The van der Waals surface area contributed by atoms with Crippen LogP contribution in [-0.4, -0.2) is 15.7 Å². The standard InChI is InChI=1S/C24H19N3OS/c1-15-10-12-18(13-11-15)27-24-20(16(2)26-27)14-22(29-24)23(28)25-21-9-5-7-17-6-3-4-8-19(17)21/h3-14H,1-2H3,(H,25,28). The lowest BCUT2D eigenvalue weighted by molar-refractivity contribution is 0.103. The Morgan fingerprint density at radius 1 is 0.931 bits per heavy atom. The summed E-state index contributed by atoms with van der Waals surface area (Å²) in [7, 11) is 0. The predicted octanol–water partition coefficient (Wildman–Crippen LogP) is 6.11. The van der Waals surface area contributed by atoms with E-state index in [1.54, 1.807) is 0 Å². The summed E-state index contributed by atoms with van der Waals surface area (Å²) in [6.45, 7) is 4.04. The summed E-state index contributed by atoms with van der Waals surface area (Å²) in [5, 5.41) is 10.9. The van der Waals surface area contributed by atoms with Gasteiger partial charge < -0.3 is 5.32 Å². The smallest absolute Gasteiger partial charge is 0.265 e. The van der Waals surface area contributed by atoms with E-state index in [1.807, 2.05) is 60.1 Å². The number of benzene rings is 3. The Morgan fingerprint density at radius 2 is 1.69 bits per heavy atom. The average Bonchev–Trinajstić information content (AvgIpc) is 3.30. The SMILES string of the molecule is Cc1ccc(-n2nc(C)c3cc(C(=O)Nc4cccc5ccccc45)sc32)cc1. The first kappa shape index (κ1) is 17.6. The number of fused-ring (bicyclic) bond motifs is 2. The molecule has 0 radical (unpaired) electrons. The lowest BCUT2D eigenvalue weighted by atomic mass is 10.1. The summed E-state index contributed by atoms with van der Waals surface area (Å²) in [4.78, 5) is 14.7. The second kappa shape index (κ2) is 6.87. The number of aromatic nitrogens is 2. The van der Waals surface area contributed by atoms with E-state index in [0.717, 1.165) is 38.1 Å². The number of hydrogen-bond donors (Lipinski definition) is 1. The van der Waals surface area contributed by atoms with Gasteiger partial charge in [-0.1, -0.05) is 54.1 Å². The van der Waals surface area contributed by atoms with Crippen LogP contribution in [-0.2, 0) is 0 Å². The van der Waals surface area contributed by atoms with Crippen molar-refractivity contribution in [3.05, 3.63) is 88.9 Å². The lowest BCUT2D eigenvalue weighted by Gasteiger charge is -2.07. The molecule has 2 aromatic heterocycles. The summed E-state index contributed by atoms with van der Waals surface area (Å²) in [6, 6.07) is 24.2. The van der Waals surface area contributed by atoms with Crippen molar-refractivity contribution in [2.24, 2.45) is 0 Å². The van der Waals surface area contributed by atoms with Gasteiger partial charge >= 0.3 is 0 Å². The monoisotopic (exact) mass is 397 g/mol. The van der Waals surface area contributed by atoms with Crippen molar-refractivity contribution in [1.82, 2.24) is 9.78 Å². The second-order valence-corrected chi connectivity index (χ2v) is 8.17. The van der Waals surface area contributed by atoms with Crippen molar-refractivity contribution in [3.8, 4) is 5.69 Å². The Balaban J connectivity index is 1.53. The zero-order chi connectivity index (χ0) is 20.0. The quantitative estimate of drug-likeness (QED) is 0.399. The fraction of sp³-hybridized carbons (Fsp3) is 0.0833. The van der Waals surface area contributed by atoms with Crippen LogP contribution in [0.15, 0.2) is 72.8 Å². The van der Waals surface area contributed by atoms with Crippen LogP contribution in [0.2, 0.25) is 0 Å². The Hall–Kier alpha value is -3.44. The van der Waals surface area contributed by atoms with Crippen LogP contribution < -0.4 is 5.32 Å². The van der Waals surface area contributed by atoms with Crippen LogP contribution in [0.3, 0.4) is 0 Å². The highest BCUT2D eigenvalue weighted by molar-refractivity contribution is 7.20. The van der Waals surface area contributed by atoms with E-state index >= 15 is 0 Å². The Labute approximate surface area is 172 Å². The molecule has 0 spiro atoms. The fourth-order valence-corrected chi connectivity index (χ4v) is 4.62. The van der Waals surface area contributed by atoms with Crippen LogP contribution >= 0.6 is 11.3 Å². The maximum atomic E-state index is 13.0. The summed E-state index contributed by atoms with van der Waals surface area (Å²) in [6.07, 6.45) is 0. The van der Waals surface area contributed by atoms with Gasteiger partial charge in [0, 0.05) is 16.5 Å². The minimum atomic E-state index is -0.0996. The van der Waals surface area contributed by atoms with Gasteiger partial charge in [0.2, 0.25) is 0 Å². The average molecular weight is 398 g/mol. The maximum absolute atomic E-state index is 13.0. The lowest BCUT2D eigenvalue weighted by Crippen LogP contribution is -2.10. The molecule has 0 fully saturated rings. The van der Waals surface area contributed by atoms with Crippen LogP contribution in [0.5, 0.6) is 0 Å². The number of anilines is 1. The summed E-state index contributed by atoms with van der Waals surface area (Å²) in [5.41, 5.74) is 3.94. The molecule has 0 aliphatic rings. The van der Waals surface area contributed by atoms with E-state index < -0.39 is 0 Å². The fourth-order valence-electron chi connectivity index (χ4n) is 3.54. The van der Waals surface area contributed by atoms with Gasteiger partial charge in [-0.2, -0.15) is 5.10 Å². The highest BCUT2D eigenvalue weighted by Gasteiger charge is 2.18. The van der Waals surface area contributed by atoms with Crippen LogP contribution in [0.1, 0.15) is 20.9 Å². The van der Waals surface area contributed by atoms with Gasteiger partial charge in [0.1, 0.15) is 4.83 Å². The number of hydrogen-bond acceptors (Lipinski definition) is 3. The van der Waals surface area contributed by atoms with Gasteiger partial charge in [-0.15, -0.1) is 11.3 Å². The zero-order valence-corrected chi connectivity index (χ0v) is 17.0. The topological polar surface area (TPSA) is 46.9 Å². The molecule has 0 aliphatic carbocycles. The van der Waals surface area contributed by atoms with Crippen molar-refractivity contribution in [1.29, 1.82) is 0 Å². The minimum Gasteiger partial charge on any atom is -0.321 e. The van der Waals surface area contributed by atoms with Crippen molar-refractivity contribution in [2.75, 3.05) is 5.32 Å². The van der Waals surface area contributed by atoms with Gasteiger partial charge in [0.25, 0.3) is 5.91 Å². The minimum absolute atomic E-state index is 0.0996. The largest absolute Gasteiger partial charge is 0.321 e. The maximum Gasteiger partial charge on any atom is 0.265 e. The molecule has 0 saturated carbocycles. The van der Waals surface area contributed by atoms with Gasteiger partial charge in [0.05, 0.1) is 16.3 Å². The van der Waals surface area contributed by atoms with E-state index in [2.05, 4.69) is 41.6 Å². The van der Waals surface area contributed by atoms with Crippen molar-refractivity contribution >= 4 is 43.9 Å². The molecule has 4 nitrogen and oxygen atoms in total. The molecule has 142 valence electrons. The molecule has 1 N–H and O–H groups in total. The van der Waals surface area contributed by atoms with Crippen LogP contribution in [0.4, 0.5) is 5.69 Å². The summed E-state index contributed by atoms with van der Waals surface area (Å²) >= 11 is 1.46. The molecule has 0 atom stereocenters. The zero-order valence-electron chi connectivity index (χ0n) is 16.1. The van der Waals surface area contributed by atoms with Gasteiger partial charge in [0.15, 0.2) is 0 Å². The molecule has 29 heavy (non-hydrogen) atoms. The molecule has 0 saturated heterocycles. The highest BCUT2D eigenvalue weighted by Crippen LogP contribution is 2.31. The van der Waals surface area contributed by atoms with Crippen molar-refractivity contribution in [3.63, 3.8) is 0 Å². The van der Waals surface area contributed by atoms with Crippen molar-refractivity contribution < 1.29 is 4.79 Å². The van der Waals surface area contributed by atoms with E-state index in [-0.39, 0.29) is 5.91 Å². The first-order chi connectivity index (χ1) is 14.1. The first-order valence-corrected chi connectivity index (χ1v) is 10.3. The Kier molecular flexibility index (Phi) is 4.18. The molecule has 2 heterocycles. The molecule has 5 aromatic rings. The van der Waals surface area contributed by atoms with Crippen LogP contribution in [0, 0.1) is 13.8 Å². The number of rotatable bonds is 3. The van der Waals surface area contributed by atoms with E-state index in [0.29, 0.717) is 4.88 Å². The molecule has 1 amide bonds. The number of thiophene rings is 1. The third kappa shape index (κ3) is 3.09. The highest BCUT2D eigenvalue weighted by atomic mass is 32.1. The first-order valence-electron chi connectivity index (χ1n) is 9.45. The van der Waals surface area contributed by atoms with Gasteiger partial charge in [-0.05, 0) is 43.5 Å². The number of carbonyl (C=O) groups is 1. The molecule has 0 aliphatic heterocycles. The molecule has 0 bridgehead atoms. The molecular formula is C24H19N3OS. The third-order valence-electron chi connectivity index (χ3n) is 5.08. The van der Waals surface area contributed by atoms with Crippen LogP contribution in [0.25, 0.3) is 26.7 Å². The predicted molar refractivity (Wildman–Crippen MR) is 120 cm³/mol. The number of amides is 1. The van der Waals surface area contributed by atoms with Crippen molar-refractivity contribution in [2.45, 2.75) is 13.8 Å². The molecule has 5 heteroatoms. The molecule has 3 aromatic carbocycles. The number of carbonyl (C=O) groups excluding carboxylic acids is 1. The second-order valence-electron chi connectivity index (χ2n) is 7.14. The van der Waals surface area contributed by atoms with Gasteiger partial charge in [-0.3, -0.25) is 4.79 Å². The molecule has 0 unspecified atom stereocenters. The van der Waals surface area contributed by atoms with E-state index in [1.165, 1.54) is 16.9 Å². The number of nitrogens with zero attached hydrogens (tertiary/aromatic N) is 2. The van der Waals surface area contributed by atoms with Gasteiger partial charge in [-0.25, -0.2) is 4.68 Å².